The number of hydrogen-bond donors (Lipinski definition) is 2. The molecule has 0 amide bonds. The normalized spacial score (nSPS) is 11.2. The first-order valence-electron chi connectivity index (χ1n) is 4.82. The number of ether oxygens (including phenoxy) is 1. The molecule has 0 bridgehead atoms. The van der Waals surface area contributed by atoms with Crippen molar-refractivity contribution < 1.29 is 14.6 Å². The molecule has 84 valence electrons. The molecule has 0 fully saturated rings. The first-order chi connectivity index (χ1) is 7.22. The lowest BCUT2D eigenvalue weighted by molar-refractivity contribution is 0.00683. The highest BCUT2D eigenvalue weighted by Gasteiger charge is 2.23. The van der Waals surface area contributed by atoms with Crippen LogP contribution in [0.2, 0.25) is 0 Å². The van der Waals surface area contributed by atoms with Crippen LogP contribution in [0.15, 0.2) is 12.1 Å². The monoisotopic (exact) mass is 219 g/mol. The highest BCUT2D eigenvalue weighted by Crippen LogP contribution is 2.23. The van der Waals surface area contributed by atoms with Crippen LogP contribution >= 0.6 is 0 Å². The first kappa shape index (κ1) is 12.4. The van der Waals surface area contributed by atoms with Crippen LogP contribution in [0.25, 0.3) is 0 Å². The summed E-state index contributed by atoms with van der Waals surface area (Å²) < 4.78 is 5.11. The first-order valence-corrected chi connectivity index (χ1v) is 4.82. The van der Waals surface area contributed by atoms with Crippen LogP contribution in [0, 0.1) is 0 Å². The van der Waals surface area contributed by atoms with Gasteiger partial charge in [-0.2, -0.15) is 0 Å². The fourth-order valence-electron chi connectivity index (χ4n) is 1.17. The Morgan fingerprint density at radius 2 is 2.00 bits per heavy atom. The fourth-order valence-corrected chi connectivity index (χ4v) is 1.17. The maximum absolute atomic E-state index is 11.7. The number of nitrogens with two attached hydrogens (primary N) is 1. The summed E-state index contributed by atoms with van der Waals surface area (Å²) in [6, 6.07) is 2.88. The molecule has 1 rings (SSSR count). The summed E-state index contributed by atoms with van der Waals surface area (Å²) in [5, 5.41) is 9.64. The van der Waals surface area contributed by atoms with Gasteiger partial charge in [0.1, 0.15) is 24.8 Å². The Bertz CT molecular complexity index is 424. The van der Waals surface area contributed by atoms with Crippen LogP contribution < -0.4 is 11.2 Å². The van der Waals surface area contributed by atoms with Crippen molar-refractivity contribution in [2.24, 2.45) is 0 Å². The molecule has 0 atom stereocenters. The Balaban J connectivity index is 3.14. The number of esters is 1. The van der Waals surface area contributed by atoms with Crippen molar-refractivity contribution in [2.75, 3.05) is 5.73 Å². The molecule has 0 saturated carbocycles. The quantitative estimate of drug-likeness (QED) is 0.414. The second-order valence-corrected chi connectivity index (χ2v) is 4.47. The molecular weight excluding hydrogens is 205 g/mol. The van der Waals surface area contributed by atoms with E-state index in [4.69, 9.17) is 18.3 Å². The molecule has 4 nitrogen and oxygen atoms in total. The van der Waals surface area contributed by atoms with Gasteiger partial charge in [0.2, 0.25) is 0 Å². The van der Waals surface area contributed by atoms with Gasteiger partial charge in [-0.05, 0) is 26.8 Å². The molecular formula is C11H14BNO3. The zero-order valence-electron chi connectivity index (χ0n) is 9.57. The fraction of sp³-hybridized carbons (Fsp3) is 0.364. The molecule has 0 aliphatic heterocycles. The van der Waals surface area contributed by atoms with E-state index in [0.29, 0.717) is 0 Å². The van der Waals surface area contributed by atoms with Gasteiger partial charge in [0.05, 0.1) is 0 Å². The van der Waals surface area contributed by atoms with Crippen molar-refractivity contribution in [1.29, 1.82) is 0 Å². The third kappa shape index (κ3) is 2.69. The third-order valence-electron chi connectivity index (χ3n) is 1.84. The number of phenolic OH excluding ortho intramolecular Hbond substituents is 1. The molecule has 5 heteroatoms. The van der Waals surface area contributed by atoms with E-state index in [-0.39, 0.29) is 22.5 Å². The van der Waals surface area contributed by atoms with Gasteiger partial charge in [-0.1, -0.05) is 11.5 Å². The molecule has 0 aliphatic carbocycles. The van der Waals surface area contributed by atoms with E-state index in [9.17, 15) is 9.90 Å². The van der Waals surface area contributed by atoms with E-state index < -0.39 is 11.6 Å². The minimum Gasteiger partial charge on any atom is -0.508 e. The molecule has 0 aliphatic rings. The SMILES string of the molecule is [B]c1ccc(N)c(C(=O)OC(C)(C)C)c1O. The van der Waals surface area contributed by atoms with Crippen molar-refractivity contribution in [3.8, 4) is 5.75 Å². The number of phenols is 1. The Morgan fingerprint density at radius 3 is 2.50 bits per heavy atom. The second-order valence-electron chi connectivity index (χ2n) is 4.47. The average Bonchev–Trinajstić information content (AvgIpc) is 2.09. The largest absolute Gasteiger partial charge is 0.508 e. The molecule has 0 unspecified atom stereocenters. The minimum absolute atomic E-state index is 0.0880. The molecule has 1 aromatic rings. The smallest absolute Gasteiger partial charge is 0.344 e. The summed E-state index contributed by atoms with van der Waals surface area (Å²) >= 11 is 0. The average molecular weight is 219 g/mol. The third-order valence-corrected chi connectivity index (χ3v) is 1.84. The van der Waals surface area contributed by atoms with Gasteiger partial charge in [0.25, 0.3) is 0 Å². The number of hydrogen-bond acceptors (Lipinski definition) is 4. The topological polar surface area (TPSA) is 72.6 Å². The lowest BCUT2D eigenvalue weighted by Gasteiger charge is -2.20. The van der Waals surface area contributed by atoms with Crippen LogP contribution in [0.5, 0.6) is 5.75 Å². The van der Waals surface area contributed by atoms with Crippen LogP contribution in [0.1, 0.15) is 31.1 Å². The van der Waals surface area contributed by atoms with Crippen molar-refractivity contribution in [3.63, 3.8) is 0 Å². The number of carbonyl (C=O) groups excluding carboxylic acids is 1. The number of rotatable bonds is 1. The molecule has 16 heavy (non-hydrogen) atoms. The van der Waals surface area contributed by atoms with E-state index in [1.165, 1.54) is 12.1 Å². The van der Waals surface area contributed by atoms with Crippen molar-refractivity contribution in [3.05, 3.63) is 17.7 Å². The zero-order valence-corrected chi connectivity index (χ0v) is 9.57. The second kappa shape index (κ2) is 4.08. The summed E-state index contributed by atoms with van der Waals surface area (Å²) in [6.45, 7) is 5.18. The molecule has 1 aromatic carbocycles. The maximum Gasteiger partial charge on any atom is 0.344 e. The lowest BCUT2D eigenvalue weighted by Crippen LogP contribution is -2.25. The molecule has 0 spiro atoms. The summed E-state index contributed by atoms with van der Waals surface area (Å²) in [6.07, 6.45) is 0. The predicted molar refractivity (Wildman–Crippen MR) is 63.1 cm³/mol. The number of carbonyl (C=O) groups is 1. The number of anilines is 1. The van der Waals surface area contributed by atoms with Gasteiger partial charge in [-0.25, -0.2) is 4.79 Å². The molecule has 0 saturated heterocycles. The van der Waals surface area contributed by atoms with Crippen molar-refractivity contribution in [2.45, 2.75) is 26.4 Å². The Kier molecular flexibility index (Phi) is 3.17. The van der Waals surface area contributed by atoms with Gasteiger partial charge in [0, 0.05) is 5.69 Å². The number of benzene rings is 1. The predicted octanol–water partition coefficient (Wildman–Crippen LogP) is 0.724. The molecule has 2 radical (unpaired) electrons. The summed E-state index contributed by atoms with van der Waals surface area (Å²) in [5.41, 5.74) is 5.09. The Morgan fingerprint density at radius 1 is 1.44 bits per heavy atom. The van der Waals surface area contributed by atoms with Gasteiger partial charge in [-0.3, -0.25) is 0 Å². The van der Waals surface area contributed by atoms with Gasteiger partial charge >= 0.3 is 5.97 Å². The van der Waals surface area contributed by atoms with E-state index in [2.05, 4.69) is 0 Å². The summed E-state index contributed by atoms with van der Waals surface area (Å²) in [5.74, 6) is -1.02. The van der Waals surface area contributed by atoms with E-state index in [0.717, 1.165) is 0 Å². The minimum atomic E-state index is -0.685. The highest BCUT2D eigenvalue weighted by molar-refractivity contribution is 6.35. The van der Waals surface area contributed by atoms with Crippen LogP contribution in [0.3, 0.4) is 0 Å². The van der Waals surface area contributed by atoms with E-state index in [1.807, 2.05) is 0 Å². The van der Waals surface area contributed by atoms with E-state index in [1.54, 1.807) is 20.8 Å². The van der Waals surface area contributed by atoms with Crippen molar-refractivity contribution in [1.82, 2.24) is 0 Å². The molecule has 3 N–H and O–H groups in total. The van der Waals surface area contributed by atoms with Crippen LogP contribution in [-0.2, 0) is 4.74 Å². The van der Waals surface area contributed by atoms with Gasteiger partial charge in [-0.15, -0.1) is 0 Å². The standard InChI is InChI=1S/C11H14BNO3/c1-11(2,3)16-10(15)8-7(13)5-4-6(12)9(8)14/h4-5,14H,13H2,1-3H3. The van der Waals surface area contributed by atoms with E-state index >= 15 is 0 Å². The molecule has 0 aromatic heterocycles. The summed E-state index contributed by atoms with van der Waals surface area (Å²) in [4.78, 5) is 11.7. The zero-order chi connectivity index (χ0) is 12.5. The number of aromatic hydroxyl groups is 1. The lowest BCUT2D eigenvalue weighted by atomic mass is 9.92. The highest BCUT2D eigenvalue weighted by atomic mass is 16.6. The van der Waals surface area contributed by atoms with Gasteiger partial charge < -0.3 is 15.6 Å². The maximum atomic E-state index is 11.7. The van der Waals surface area contributed by atoms with Crippen molar-refractivity contribution >= 4 is 25.0 Å². The Labute approximate surface area is 95.8 Å². The number of nitrogen functional groups attached to an aromatic ring is 1. The van der Waals surface area contributed by atoms with Gasteiger partial charge in [0.15, 0.2) is 0 Å². The summed E-state index contributed by atoms with van der Waals surface area (Å²) in [7, 11) is 5.48. The Hall–Kier alpha value is -1.65. The van der Waals surface area contributed by atoms with Crippen LogP contribution in [0.4, 0.5) is 5.69 Å². The molecule has 0 heterocycles. The van der Waals surface area contributed by atoms with Crippen LogP contribution in [-0.4, -0.2) is 24.5 Å².